The summed E-state index contributed by atoms with van der Waals surface area (Å²) in [6.07, 6.45) is 1.41. The number of rotatable bonds is 8. The van der Waals surface area contributed by atoms with Crippen LogP contribution < -0.4 is 14.8 Å². The Balaban J connectivity index is 1.87. The first-order chi connectivity index (χ1) is 16.3. The topological polar surface area (TPSA) is 114 Å². The molecule has 1 amide bonds. The SMILES string of the molecule is COc1ccc(/C=C(\C#N)C(=O)Nc2cccc([N+](=O)[O-])c2)c(OCc2cc(C)cc(C)c2)c1. The summed E-state index contributed by atoms with van der Waals surface area (Å²) in [5.74, 6) is 0.306. The van der Waals surface area contributed by atoms with E-state index in [1.807, 2.05) is 32.0 Å². The molecule has 3 aromatic carbocycles. The van der Waals surface area contributed by atoms with Crippen molar-refractivity contribution in [1.82, 2.24) is 0 Å². The number of nitro benzene ring substituents is 1. The van der Waals surface area contributed by atoms with Crippen LogP contribution in [0.3, 0.4) is 0 Å². The molecule has 3 rings (SSSR count). The summed E-state index contributed by atoms with van der Waals surface area (Å²) in [6.45, 7) is 4.31. The Morgan fingerprint density at radius 1 is 1.12 bits per heavy atom. The van der Waals surface area contributed by atoms with Gasteiger partial charge in [0.1, 0.15) is 29.7 Å². The largest absolute Gasteiger partial charge is 0.497 e. The minimum absolute atomic E-state index is 0.169. The lowest BCUT2D eigenvalue weighted by Gasteiger charge is -2.13. The summed E-state index contributed by atoms with van der Waals surface area (Å²) in [4.78, 5) is 23.1. The lowest BCUT2D eigenvalue weighted by Crippen LogP contribution is -2.13. The van der Waals surface area contributed by atoms with Gasteiger partial charge in [-0.2, -0.15) is 5.26 Å². The zero-order chi connectivity index (χ0) is 24.7. The van der Waals surface area contributed by atoms with Crippen molar-refractivity contribution in [2.24, 2.45) is 0 Å². The number of ether oxygens (including phenoxy) is 2. The van der Waals surface area contributed by atoms with E-state index < -0.39 is 10.8 Å². The summed E-state index contributed by atoms with van der Waals surface area (Å²) in [5, 5.41) is 23.1. The lowest BCUT2D eigenvalue weighted by molar-refractivity contribution is -0.384. The molecule has 8 heteroatoms. The first kappa shape index (κ1) is 24.0. The first-order valence-electron chi connectivity index (χ1n) is 10.3. The fraction of sp³-hybridized carbons (Fsp3) is 0.154. The molecule has 0 aromatic heterocycles. The third-order valence-electron chi connectivity index (χ3n) is 4.88. The highest BCUT2D eigenvalue weighted by molar-refractivity contribution is 6.10. The Hall–Kier alpha value is -4.64. The molecule has 8 nitrogen and oxygen atoms in total. The van der Waals surface area contributed by atoms with Crippen LogP contribution in [0.15, 0.2) is 66.2 Å². The number of carbonyl (C=O) groups excluding carboxylic acids is 1. The van der Waals surface area contributed by atoms with Gasteiger partial charge in [0.25, 0.3) is 11.6 Å². The van der Waals surface area contributed by atoms with Crippen molar-refractivity contribution in [3.8, 4) is 17.6 Å². The molecule has 0 heterocycles. The van der Waals surface area contributed by atoms with Crippen molar-refractivity contribution in [2.75, 3.05) is 12.4 Å². The number of hydrogen-bond acceptors (Lipinski definition) is 6. The van der Waals surface area contributed by atoms with Crippen LogP contribution in [-0.4, -0.2) is 17.9 Å². The molecule has 0 aliphatic carbocycles. The van der Waals surface area contributed by atoms with Gasteiger partial charge in [-0.15, -0.1) is 0 Å². The Kier molecular flexibility index (Phi) is 7.62. The van der Waals surface area contributed by atoms with Gasteiger partial charge in [-0.25, -0.2) is 0 Å². The molecule has 0 bridgehead atoms. The predicted octanol–water partition coefficient (Wildman–Crippen LogP) is 5.34. The van der Waals surface area contributed by atoms with Gasteiger partial charge in [-0.3, -0.25) is 14.9 Å². The number of anilines is 1. The molecule has 0 radical (unpaired) electrons. The minimum Gasteiger partial charge on any atom is -0.497 e. The average Bonchev–Trinajstić information content (AvgIpc) is 2.81. The number of amides is 1. The van der Waals surface area contributed by atoms with Crippen molar-refractivity contribution < 1.29 is 19.2 Å². The third-order valence-corrected chi connectivity index (χ3v) is 4.88. The maximum Gasteiger partial charge on any atom is 0.271 e. The molecule has 0 saturated carbocycles. The molecular weight excluding hydrogens is 434 g/mol. The lowest BCUT2D eigenvalue weighted by atomic mass is 10.1. The Labute approximate surface area is 197 Å². The molecule has 0 saturated heterocycles. The van der Waals surface area contributed by atoms with Crippen LogP contribution in [0.25, 0.3) is 6.08 Å². The fourth-order valence-corrected chi connectivity index (χ4v) is 3.40. The number of benzene rings is 3. The van der Waals surface area contributed by atoms with E-state index in [2.05, 4.69) is 11.4 Å². The number of hydrogen-bond donors (Lipinski definition) is 1. The van der Waals surface area contributed by atoms with Crippen LogP contribution in [0.2, 0.25) is 0 Å². The maximum atomic E-state index is 12.7. The predicted molar refractivity (Wildman–Crippen MR) is 129 cm³/mol. The van der Waals surface area contributed by atoms with Crippen molar-refractivity contribution in [2.45, 2.75) is 20.5 Å². The molecule has 0 unspecified atom stereocenters. The van der Waals surface area contributed by atoms with Crippen molar-refractivity contribution >= 4 is 23.4 Å². The van der Waals surface area contributed by atoms with E-state index in [0.717, 1.165) is 16.7 Å². The van der Waals surface area contributed by atoms with E-state index in [4.69, 9.17) is 9.47 Å². The average molecular weight is 457 g/mol. The molecule has 34 heavy (non-hydrogen) atoms. The molecule has 0 aliphatic rings. The van der Waals surface area contributed by atoms with Gasteiger partial charge in [0.15, 0.2) is 0 Å². The summed E-state index contributed by atoms with van der Waals surface area (Å²) in [6, 6.07) is 18.6. The molecule has 0 atom stereocenters. The Bertz CT molecular complexity index is 1290. The standard InChI is InChI=1S/C26H23N3O5/c1-17-9-18(2)11-19(10-17)16-34-25-14-24(33-3)8-7-20(25)12-21(15-27)26(30)28-22-5-4-6-23(13-22)29(31)32/h4-14H,16H2,1-3H3,(H,28,30)/b21-12+. The summed E-state index contributed by atoms with van der Waals surface area (Å²) in [5.41, 5.74) is 3.59. The van der Waals surface area contributed by atoms with Gasteiger partial charge < -0.3 is 14.8 Å². The number of nitro groups is 1. The summed E-state index contributed by atoms with van der Waals surface area (Å²) < 4.78 is 11.3. The molecule has 0 fully saturated rings. The van der Waals surface area contributed by atoms with E-state index in [0.29, 0.717) is 17.1 Å². The molecule has 0 aliphatic heterocycles. The maximum absolute atomic E-state index is 12.7. The van der Waals surface area contributed by atoms with E-state index >= 15 is 0 Å². The van der Waals surface area contributed by atoms with Crippen molar-refractivity contribution in [3.63, 3.8) is 0 Å². The van der Waals surface area contributed by atoms with E-state index in [9.17, 15) is 20.2 Å². The van der Waals surface area contributed by atoms with Gasteiger partial charge in [-0.05, 0) is 43.7 Å². The number of nitrogens with zero attached hydrogens (tertiary/aromatic N) is 2. The van der Waals surface area contributed by atoms with Crippen LogP contribution in [-0.2, 0) is 11.4 Å². The van der Waals surface area contributed by atoms with Crippen LogP contribution in [0.5, 0.6) is 11.5 Å². The highest BCUT2D eigenvalue weighted by Gasteiger charge is 2.14. The number of nitrogens with one attached hydrogen (secondary N) is 1. The molecule has 1 N–H and O–H groups in total. The van der Waals surface area contributed by atoms with Crippen LogP contribution in [0.4, 0.5) is 11.4 Å². The highest BCUT2D eigenvalue weighted by Crippen LogP contribution is 2.28. The number of non-ortho nitro benzene ring substituents is 1. The van der Waals surface area contributed by atoms with Gasteiger partial charge in [0.05, 0.1) is 12.0 Å². The molecule has 0 spiro atoms. The summed E-state index contributed by atoms with van der Waals surface area (Å²) >= 11 is 0. The highest BCUT2D eigenvalue weighted by atomic mass is 16.6. The first-order valence-corrected chi connectivity index (χ1v) is 10.3. The van der Waals surface area contributed by atoms with E-state index in [-0.39, 0.29) is 23.6 Å². The normalized spacial score (nSPS) is 10.8. The Morgan fingerprint density at radius 3 is 2.50 bits per heavy atom. The van der Waals surface area contributed by atoms with Gasteiger partial charge in [0, 0.05) is 29.4 Å². The van der Waals surface area contributed by atoms with Crippen LogP contribution in [0, 0.1) is 35.3 Å². The number of carbonyl (C=O) groups is 1. The van der Waals surface area contributed by atoms with Gasteiger partial charge in [-0.1, -0.05) is 35.4 Å². The minimum atomic E-state index is -0.695. The second-order valence-corrected chi connectivity index (χ2v) is 7.62. The van der Waals surface area contributed by atoms with Crippen molar-refractivity contribution in [3.05, 3.63) is 98.6 Å². The molecule has 172 valence electrons. The number of nitriles is 1. The van der Waals surface area contributed by atoms with Crippen molar-refractivity contribution in [1.29, 1.82) is 5.26 Å². The fourth-order valence-electron chi connectivity index (χ4n) is 3.40. The van der Waals surface area contributed by atoms with E-state index in [1.165, 1.54) is 37.5 Å². The molecular formula is C26H23N3O5. The number of aryl methyl sites for hydroxylation is 2. The number of methoxy groups -OCH3 is 1. The smallest absolute Gasteiger partial charge is 0.271 e. The van der Waals surface area contributed by atoms with Crippen LogP contribution in [0.1, 0.15) is 22.3 Å². The second kappa shape index (κ2) is 10.8. The molecule has 3 aromatic rings. The Morgan fingerprint density at radius 2 is 1.85 bits per heavy atom. The zero-order valence-corrected chi connectivity index (χ0v) is 19.0. The zero-order valence-electron chi connectivity index (χ0n) is 19.0. The van der Waals surface area contributed by atoms with Gasteiger partial charge in [0.2, 0.25) is 0 Å². The monoisotopic (exact) mass is 457 g/mol. The third kappa shape index (κ3) is 6.20. The quantitative estimate of drug-likeness (QED) is 0.211. The van der Waals surface area contributed by atoms with Gasteiger partial charge >= 0.3 is 0 Å². The second-order valence-electron chi connectivity index (χ2n) is 7.62. The van der Waals surface area contributed by atoms with E-state index in [1.54, 1.807) is 18.2 Å². The summed E-state index contributed by atoms with van der Waals surface area (Å²) in [7, 11) is 1.53. The van der Waals surface area contributed by atoms with Crippen LogP contribution >= 0.6 is 0 Å².